The monoisotopic (exact) mass is 410 g/mol. The molecule has 0 spiro atoms. The van der Waals surface area contributed by atoms with E-state index in [0.29, 0.717) is 37.2 Å². The molecule has 158 valence electrons. The second-order valence-corrected chi connectivity index (χ2v) is 8.02. The van der Waals surface area contributed by atoms with Crippen LogP contribution in [0, 0.1) is 11.7 Å². The number of carbonyl (C=O) groups is 2. The number of aromatic nitrogens is 1. The van der Waals surface area contributed by atoms with Gasteiger partial charge in [-0.25, -0.2) is 9.37 Å². The number of likely N-dealkylation sites (tertiary alicyclic amines) is 1. The van der Waals surface area contributed by atoms with Crippen LogP contribution in [-0.2, 0) is 4.79 Å². The third kappa shape index (κ3) is 4.78. The molecule has 2 saturated heterocycles. The Balaban J connectivity index is 1.34. The predicted molar refractivity (Wildman–Crippen MR) is 114 cm³/mol. The summed E-state index contributed by atoms with van der Waals surface area (Å²) in [6, 6.07) is 9.58. The van der Waals surface area contributed by atoms with Gasteiger partial charge in [0.05, 0.1) is 0 Å². The van der Waals surface area contributed by atoms with E-state index in [2.05, 4.69) is 15.2 Å². The second kappa shape index (κ2) is 9.24. The first-order chi connectivity index (χ1) is 14.6. The van der Waals surface area contributed by atoms with Crippen LogP contribution in [0.25, 0.3) is 0 Å². The van der Waals surface area contributed by atoms with Gasteiger partial charge in [0.15, 0.2) is 0 Å². The second-order valence-electron chi connectivity index (χ2n) is 8.02. The maximum absolute atomic E-state index is 13.3. The number of pyridine rings is 1. The lowest BCUT2D eigenvalue weighted by Gasteiger charge is -2.32. The maximum atomic E-state index is 13.3. The highest BCUT2D eigenvalue weighted by atomic mass is 19.1. The van der Waals surface area contributed by atoms with Crippen molar-refractivity contribution in [1.29, 1.82) is 0 Å². The fraction of sp³-hybridized carbons (Fsp3) is 0.435. The molecule has 2 aromatic rings. The van der Waals surface area contributed by atoms with E-state index >= 15 is 0 Å². The first-order valence-electron chi connectivity index (χ1n) is 10.7. The summed E-state index contributed by atoms with van der Waals surface area (Å²) < 4.78 is 13.3. The van der Waals surface area contributed by atoms with Crippen molar-refractivity contribution in [2.75, 3.05) is 36.4 Å². The van der Waals surface area contributed by atoms with Gasteiger partial charge in [0, 0.05) is 49.5 Å². The summed E-state index contributed by atoms with van der Waals surface area (Å²) in [6.07, 6.45) is 6.38. The van der Waals surface area contributed by atoms with Gasteiger partial charge in [-0.15, -0.1) is 0 Å². The zero-order valence-corrected chi connectivity index (χ0v) is 17.0. The van der Waals surface area contributed by atoms with Crippen LogP contribution in [0.5, 0.6) is 0 Å². The smallest absolute Gasteiger partial charge is 0.254 e. The molecule has 0 saturated carbocycles. The summed E-state index contributed by atoms with van der Waals surface area (Å²) in [5.74, 6) is 0.280. The highest BCUT2D eigenvalue weighted by Crippen LogP contribution is 2.24. The third-order valence-electron chi connectivity index (χ3n) is 5.92. The molecule has 1 aromatic carbocycles. The summed E-state index contributed by atoms with van der Waals surface area (Å²) in [4.78, 5) is 33.8. The standard InChI is InChI=1S/C23H27FN4O2/c24-19-5-4-6-20(16-19)26-22(29)17-8-13-27(14-9-17)21-15-18(7-10-25-21)23(30)28-11-2-1-3-12-28/h4-7,10,15-17H,1-3,8-9,11-14H2,(H,26,29). The fourth-order valence-corrected chi connectivity index (χ4v) is 4.19. The number of nitrogens with zero attached hydrogens (tertiary/aromatic N) is 3. The van der Waals surface area contributed by atoms with Gasteiger partial charge in [-0.05, 0) is 62.4 Å². The third-order valence-corrected chi connectivity index (χ3v) is 5.92. The zero-order chi connectivity index (χ0) is 20.9. The number of amides is 2. The van der Waals surface area contributed by atoms with Crippen LogP contribution in [0.4, 0.5) is 15.9 Å². The molecule has 0 unspecified atom stereocenters. The van der Waals surface area contributed by atoms with Crippen molar-refractivity contribution in [3.05, 3.63) is 54.0 Å². The molecule has 2 aliphatic rings. The Bertz CT molecular complexity index is 906. The Morgan fingerprint density at radius 2 is 1.77 bits per heavy atom. The summed E-state index contributed by atoms with van der Waals surface area (Å²) in [6.45, 7) is 3.02. The largest absolute Gasteiger partial charge is 0.357 e. The molecule has 1 N–H and O–H groups in total. The van der Waals surface area contributed by atoms with Crippen molar-refractivity contribution in [2.24, 2.45) is 5.92 Å². The van der Waals surface area contributed by atoms with E-state index in [1.807, 2.05) is 11.0 Å². The molecule has 0 bridgehead atoms. The summed E-state index contributed by atoms with van der Waals surface area (Å²) in [5.41, 5.74) is 1.15. The Labute approximate surface area is 176 Å². The summed E-state index contributed by atoms with van der Waals surface area (Å²) in [5, 5.41) is 2.80. The number of anilines is 2. The first kappa shape index (κ1) is 20.3. The fourth-order valence-electron chi connectivity index (χ4n) is 4.19. The van der Waals surface area contributed by atoms with Gasteiger partial charge < -0.3 is 15.1 Å². The maximum Gasteiger partial charge on any atom is 0.254 e. The van der Waals surface area contributed by atoms with Crippen LogP contribution in [0.2, 0.25) is 0 Å². The van der Waals surface area contributed by atoms with Crippen LogP contribution >= 0.6 is 0 Å². The summed E-state index contributed by atoms with van der Waals surface area (Å²) in [7, 11) is 0. The number of hydrogen-bond acceptors (Lipinski definition) is 4. The highest BCUT2D eigenvalue weighted by molar-refractivity contribution is 5.95. The average molecular weight is 410 g/mol. The molecule has 3 heterocycles. The number of halogens is 1. The SMILES string of the molecule is O=C(Nc1cccc(F)c1)C1CCN(c2cc(C(=O)N3CCCCC3)ccn2)CC1. The van der Waals surface area contributed by atoms with Gasteiger partial charge in [-0.1, -0.05) is 6.07 Å². The number of piperidine rings is 2. The zero-order valence-electron chi connectivity index (χ0n) is 17.0. The van der Waals surface area contributed by atoms with Gasteiger partial charge in [-0.3, -0.25) is 9.59 Å². The molecule has 2 amide bonds. The number of hydrogen-bond donors (Lipinski definition) is 1. The van der Waals surface area contributed by atoms with Crippen LogP contribution in [-0.4, -0.2) is 47.9 Å². The van der Waals surface area contributed by atoms with E-state index in [9.17, 15) is 14.0 Å². The number of rotatable bonds is 4. The lowest BCUT2D eigenvalue weighted by atomic mass is 9.95. The minimum absolute atomic E-state index is 0.0720. The van der Waals surface area contributed by atoms with Crippen molar-refractivity contribution in [3.63, 3.8) is 0 Å². The Hall–Kier alpha value is -2.96. The van der Waals surface area contributed by atoms with Gasteiger partial charge in [0.25, 0.3) is 5.91 Å². The normalized spacial score (nSPS) is 17.6. The Morgan fingerprint density at radius 3 is 2.50 bits per heavy atom. The summed E-state index contributed by atoms with van der Waals surface area (Å²) >= 11 is 0. The molecular formula is C23H27FN4O2. The van der Waals surface area contributed by atoms with Crippen LogP contribution in [0.1, 0.15) is 42.5 Å². The van der Waals surface area contributed by atoms with E-state index in [4.69, 9.17) is 0 Å². The van der Waals surface area contributed by atoms with Crippen molar-refractivity contribution >= 4 is 23.3 Å². The van der Waals surface area contributed by atoms with E-state index in [1.165, 1.54) is 18.6 Å². The van der Waals surface area contributed by atoms with E-state index in [0.717, 1.165) is 31.7 Å². The van der Waals surface area contributed by atoms with Gasteiger partial charge in [0.2, 0.25) is 5.91 Å². The van der Waals surface area contributed by atoms with Crippen molar-refractivity contribution < 1.29 is 14.0 Å². The molecule has 1 aromatic heterocycles. The van der Waals surface area contributed by atoms with Gasteiger partial charge in [0.1, 0.15) is 11.6 Å². The molecule has 0 radical (unpaired) electrons. The lowest BCUT2D eigenvalue weighted by Crippen LogP contribution is -2.39. The molecular weight excluding hydrogens is 383 g/mol. The lowest BCUT2D eigenvalue weighted by molar-refractivity contribution is -0.120. The molecule has 30 heavy (non-hydrogen) atoms. The van der Waals surface area contributed by atoms with Crippen molar-refractivity contribution in [2.45, 2.75) is 32.1 Å². The topological polar surface area (TPSA) is 65.5 Å². The van der Waals surface area contributed by atoms with Crippen molar-refractivity contribution in [3.8, 4) is 0 Å². The first-order valence-corrected chi connectivity index (χ1v) is 10.7. The molecule has 2 aliphatic heterocycles. The minimum Gasteiger partial charge on any atom is -0.357 e. The number of nitrogens with one attached hydrogen (secondary N) is 1. The van der Waals surface area contributed by atoms with E-state index in [-0.39, 0.29) is 23.5 Å². The quantitative estimate of drug-likeness (QED) is 0.835. The molecule has 2 fully saturated rings. The number of carbonyl (C=O) groups excluding carboxylic acids is 2. The highest BCUT2D eigenvalue weighted by Gasteiger charge is 2.26. The molecule has 4 rings (SSSR count). The van der Waals surface area contributed by atoms with Gasteiger partial charge in [-0.2, -0.15) is 0 Å². The predicted octanol–water partition coefficient (Wildman–Crippen LogP) is 3.70. The minimum atomic E-state index is -0.368. The van der Waals surface area contributed by atoms with Crippen molar-refractivity contribution in [1.82, 2.24) is 9.88 Å². The van der Waals surface area contributed by atoms with Crippen LogP contribution in [0.3, 0.4) is 0 Å². The number of benzene rings is 1. The Morgan fingerprint density at radius 1 is 1.00 bits per heavy atom. The Kier molecular flexibility index (Phi) is 6.26. The van der Waals surface area contributed by atoms with Crippen LogP contribution < -0.4 is 10.2 Å². The van der Waals surface area contributed by atoms with E-state index in [1.54, 1.807) is 24.4 Å². The van der Waals surface area contributed by atoms with Crippen LogP contribution in [0.15, 0.2) is 42.6 Å². The van der Waals surface area contributed by atoms with Gasteiger partial charge >= 0.3 is 0 Å². The van der Waals surface area contributed by atoms with E-state index < -0.39 is 0 Å². The molecule has 0 aliphatic carbocycles. The molecule has 0 atom stereocenters. The molecule has 6 nitrogen and oxygen atoms in total. The average Bonchev–Trinajstić information content (AvgIpc) is 2.79. The molecule has 7 heteroatoms.